The average molecular weight is 271 g/mol. The molecule has 1 amide bonds. The van der Waals surface area contributed by atoms with Crippen LogP contribution < -0.4 is 5.73 Å². The van der Waals surface area contributed by atoms with E-state index >= 15 is 0 Å². The van der Waals surface area contributed by atoms with Crippen molar-refractivity contribution in [2.75, 3.05) is 6.61 Å². The molecule has 1 aromatic carbocycles. The Morgan fingerprint density at radius 1 is 1.22 bits per heavy atom. The fourth-order valence-corrected chi connectivity index (χ4v) is 2.29. The first kappa shape index (κ1) is 14.7. The van der Waals surface area contributed by atoms with E-state index in [9.17, 15) is 13.2 Å². The first-order valence-corrected chi connectivity index (χ1v) is 7.07. The van der Waals surface area contributed by atoms with Crippen molar-refractivity contribution in [3.63, 3.8) is 0 Å². The maximum atomic E-state index is 11.7. The van der Waals surface area contributed by atoms with Crippen LogP contribution in [0.25, 0.3) is 0 Å². The molecule has 0 bridgehead atoms. The zero-order valence-corrected chi connectivity index (χ0v) is 11.1. The van der Waals surface area contributed by atoms with Crippen LogP contribution in [0, 0.1) is 6.92 Å². The summed E-state index contributed by atoms with van der Waals surface area (Å²) in [5.74, 6) is -0.392. The third-order valence-corrected chi connectivity index (χ3v) is 3.69. The van der Waals surface area contributed by atoms with E-state index in [0.29, 0.717) is 12.8 Å². The van der Waals surface area contributed by atoms with E-state index in [2.05, 4.69) is 0 Å². The van der Waals surface area contributed by atoms with E-state index in [1.54, 1.807) is 12.1 Å². The van der Waals surface area contributed by atoms with Gasteiger partial charge in [-0.05, 0) is 31.9 Å². The molecule has 0 aromatic heterocycles. The number of rotatable bonds is 7. The molecule has 0 aliphatic rings. The summed E-state index contributed by atoms with van der Waals surface area (Å²) in [4.78, 5) is 10.6. The van der Waals surface area contributed by atoms with E-state index < -0.39 is 16.0 Å². The summed E-state index contributed by atoms with van der Waals surface area (Å²) in [7, 11) is -3.69. The summed E-state index contributed by atoms with van der Waals surface area (Å²) in [5.41, 5.74) is 5.95. The summed E-state index contributed by atoms with van der Waals surface area (Å²) in [6, 6.07) is 6.44. The molecule has 2 N–H and O–H groups in total. The van der Waals surface area contributed by atoms with Gasteiger partial charge in [-0.15, -0.1) is 0 Å². The van der Waals surface area contributed by atoms with Crippen LogP contribution in [0.4, 0.5) is 0 Å². The summed E-state index contributed by atoms with van der Waals surface area (Å²) in [6.07, 6.45) is 1.25. The van der Waals surface area contributed by atoms with Crippen molar-refractivity contribution < 1.29 is 17.4 Å². The molecule has 0 atom stereocenters. The Labute approximate surface area is 107 Å². The predicted molar refractivity (Wildman–Crippen MR) is 67.4 cm³/mol. The maximum Gasteiger partial charge on any atom is 0.296 e. The molecule has 1 aromatic rings. The van der Waals surface area contributed by atoms with Crippen molar-refractivity contribution in [2.45, 2.75) is 31.1 Å². The van der Waals surface area contributed by atoms with Gasteiger partial charge in [0.25, 0.3) is 10.1 Å². The zero-order valence-electron chi connectivity index (χ0n) is 10.3. The van der Waals surface area contributed by atoms with Crippen LogP contribution in [-0.4, -0.2) is 20.9 Å². The average Bonchev–Trinajstić information content (AvgIpc) is 2.28. The standard InChI is InChI=1S/C12H17NO4S/c1-10-5-7-11(8-6-10)18(15,16)17-9-3-2-4-12(13)14/h5-8H,2-4,9H2,1H3,(H2,13,14). The van der Waals surface area contributed by atoms with Crippen LogP contribution in [0.3, 0.4) is 0 Å². The van der Waals surface area contributed by atoms with Crippen LogP contribution in [0.5, 0.6) is 0 Å². The fourth-order valence-electron chi connectivity index (χ4n) is 1.34. The number of primary amides is 1. The number of unbranched alkanes of at least 4 members (excludes halogenated alkanes) is 1. The van der Waals surface area contributed by atoms with Gasteiger partial charge >= 0.3 is 0 Å². The molecular formula is C12H17NO4S. The second-order valence-electron chi connectivity index (χ2n) is 4.01. The SMILES string of the molecule is Cc1ccc(S(=O)(=O)OCCCCC(N)=O)cc1. The first-order chi connectivity index (χ1) is 8.42. The molecule has 0 spiro atoms. The highest BCUT2D eigenvalue weighted by atomic mass is 32.2. The molecule has 18 heavy (non-hydrogen) atoms. The van der Waals surface area contributed by atoms with Crippen LogP contribution in [0.15, 0.2) is 29.2 Å². The van der Waals surface area contributed by atoms with Gasteiger partial charge in [0.1, 0.15) is 0 Å². The van der Waals surface area contributed by atoms with Crippen LogP contribution in [0.2, 0.25) is 0 Å². The number of carbonyl (C=O) groups is 1. The second-order valence-corrected chi connectivity index (χ2v) is 5.63. The van der Waals surface area contributed by atoms with Crippen molar-refractivity contribution in [1.29, 1.82) is 0 Å². The van der Waals surface area contributed by atoms with Crippen molar-refractivity contribution in [1.82, 2.24) is 0 Å². The Hall–Kier alpha value is -1.40. The Morgan fingerprint density at radius 3 is 2.39 bits per heavy atom. The van der Waals surface area contributed by atoms with Gasteiger partial charge in [-0.3, -0.25) is 8.98 Å². The molecule has 0 saturated heterocycles. The smallest absolute Gasteiger partial charge is 0.296 e. The van der Waals surface area contributed by atoms with Crippen molar-refractivity contribution in [3.8, 4) is 0 Å². The Bertz CT molecular complexity index is 493. The fraction of sp³-hybridized carbons (Fsp3) is 0.417. The highest BCUT2D eigenvalue weighted by Crippen LogP contribution is 2.13. The number of aryl methyl sites for hydroxylation is 1. The quantitative estimate of drug-likeness (QED) is 0.599. The van der Waals surface area contributed by atoms with Crippen LogP contribution in [0.1, 0.15) is 24.8 Å². The molecule has 1 rings (SSSR count). The first-order valence-electron chi connectivity index (χ1n) is 5.66. The normalized spacial score (nSPS) is 11.4. The Kier molecular flexibility index (Phi) is 5.30. The van der Waals surface area contributed by atoms with E-state index in [1.807, 2.05) is 6.92 Å². The molecule has 0 saturated carbocycles. The minimum absolute atomic E-state index is 0.0590. The summed E-state index contributed by atoms with van der Waals surface area (Å²) < 4.78 is 28.3. The monoisotopic (exact) mass is 271 g/mol. The summed E-state index contributed by atoms with van der Waals surface area (Å²) >= 11 is 0. The molecule has 0 aliphatic heterocycles. The third kappa shape index (κ3) is 4.85. The van der Waals surface area contributed by atoms with Gasteiger partial charge in [-0.25, -0.2) is 0 Å². The van der Waals surface area contributed by atoms with Crippen LogP contribution in [-0.2, 0) is 19.1 Å². The topological polar surface area (TPSA) is 86.5 Å². The van der Waals surface area contributed by atoms with Gasteiger partial charge in [-0.2, -0.15) is 8.42 Å². The molecule has 0 aliphatic carbocycles. The minimum Gasteiger partial charge on any atom is -0.370 e. The highest BCUT2D eigenvalue weighted by Gasteiger charge is 2.14. The lowest BCUT2D eigenvalue weighted by molar-refractivity contribution is -0.118. The van der Waals surface area contributed by atoms with Gasteiger partial charge in [0.05, 0.1) is 11.5 Å². The lowest BCUT2D eigenvalue weighted by atomic mass is 10.2. The van der Waals surface area contributed by atoms with Gasteiger partial charge in [0.15, 0.2) is 0 Å². The van der Waals surface area contributed by atoms with Gasteiger partial charge in [-0.1, -0.05) is 17.7 Å². The molecule has 0 unspecified atom stereocenters. The summed E-state index contributed by atoms with van der Waals surface area (Å²) in [6.45, 7) is 1.94. The maximum absolute atomic E-state index is 11.7. The van der Waals surface area contributed by atoms with Crippen molar-refractivity contribution in [3.05, 3.63) is 29.8 Å². The number of nitrogens with two attached hydrogens (primary N) is 1. The number of hydrogen-bond acceptors (Lipinski definition) is 4. The molecule has 5 nitrogen and oxygen atoms in total. The second kappa shape index (κ2) is 6.51. The van der Waals surface area contributed by atoms with E-state index in [-0.39, 0.29) is 17.9 Å². The number of hydrogen-bond donors (Lipinski definition) is 1. The van der Waals surface area contributed by atoms with E-state index in [1.165, 1.54) is 12.1 Å². The van der Waals surface area contributed by atoms with Gasteiger partial charge < -0.3 is 5.73 Å². The number of carbonyl (C=O) groups excluding carboxylic acids is 1. The van der Waals surface area contributed by atoms with E-state index in [0.717, 1.165) is 5.56 Å². The molecule has 0 heterocycles. The van der Waals surface area contributed by atoms with Gasteiger partial charge in [0.2, 0.25) is 5.91 Å². The predicted octanol–water partition coefficient (Wildman–Crippen LogP) is 1.36. The lowest BCUT2D eigenvalue weighted by Gasteiger charge is -2.05. The van der Waals surface area contributed by atoms with Crippen LogP contribution >= 0.6 is 0 Å². The Morgan fingerprint density at radius 2 is 1.83 bits per heavy atom. The molecule has 0 fully saturated rings. The van der Waals surface area contributed by atoms with Crippen molar-refractivity contribution in [2.24, 2.45) is 5.73 Å². The Balaban J connectivity index is 2.45. The zero-order chi connectivity index (χ0) is 13.6. The molecular weight excluding hydrogens is 254 g/mol. The molecule has 6 heteroatoms. The largest absolute Gasteiger partial charge is 0.370 e. The van der Waals surface area contributed by atoms with Gasteiger partial charge in [0, 0.05) is 6.42 Å². The molecule has 0 radical (unpaired) electrons. The minimum atomic E-state index is -3.69. The third-order valence-electron chi connectivity index (χ3n) is 2.37. The highest BCUT2D eigenvalue weighted by molar-refractivity contribution is 7.86. The number of amides is 1. The lowest BCUT2D eigenvalue weighted by Crippen LogP contribution is -2.11. The van der Waals surface area contributed by atoms with Crippen molar-refractivity contribution >= 4 is 16.0 Å². The molecule has 100 valence electrons. The van der Waals surface area contributed by atoms with E-state index in [4.69, 9.17) is 9.92 Å². The number of benzene rings is 1. The summed E-state index contributed by atoms with van der Waals surface area (Å²) in [5, 5.41) is 0.